The second kappa shape index (κ2) is 7.01. The lowest BCUT2D eigenvalue weighted by atomic mass is 9.48. The van der Waals surface area contributed by atoms with Crippen molar-refractivity contribution in [2.45, 2.75) is 70.4 Å². The molecular formula is C23H34N4O. The van der Waals surface area contributed by atoms with E-state index in [0.29, 0.717) is 11.5 Å². The van der Waals surface area contributed by atoms with Crippen molar-refractivity contribution >= 4 is 11.7 Å². The third kappa shape index (κ3) is 3.32. The highest BCUT2D eigenvalue weighted by Gasteiger charge is 2.53. The van der Waals surface area contributed by atoms with Crippen LogP contribution in [0, 0.1) is 23.2 Å². The van der Waals surface area contributed by atoms with Crippen LogP contribution in [0.4, 0.5) is 5.82 Å². The molecule has 1 unspecified atom stereocenters. The molecule has 5 aliphatic rings. The van der Waals surface area contributed by atoms with Gasteiger partial charge in [-0.25, -0.2) is 4.98 Å². The fourth-order valence-electron chi connectivity index (χ4n) is 7.00. The van der Waals surface area contributed by atoms with Crippen molar-refractivity contribution in [3.05, 3.63) is 23.9 Å². The molecule has 3 N–H and O–H groups in total. The number of anilines is 1. The first kappa shape index (κ1) is 18.4. The van der Waals surface area contributed by atoms with Crippen LogP contribution in [0.3, 0.4) is 0 Å². The van der Waals surface area contributed by atoms with Gasteiger partial charge < -0.3 is 16.0 Å². The zero-order valence-electron chi connectivity index (χ0n) is 17.1. The average Bonchev–Trinajstić information content (AvgIpc) is 2.67. The number of hydrogen-bond acceptors (Lipinski definition) is 4. The molecule has 5 nitrogen and oxygen atoms in total. The first-order valence-electron chi connectivity index (χ1n) is 11.3. The van der Waals surface area contributed by atoms with E-state index in [1.807, 2.05) is 12.1 Å². The minimum Gasteiger partial charge on any atom is -0.356 e. The van der Waals surface area contributed by atoms with Crippen LogP contribution in [0.2, 0.25) is 0 Å². The molecule has 1 aromatic heterocycles. The molecule has 152 valence electrons. The number of nitrogens with one attached hydrogen (secondary N) is 1. The molecule has 4 bridgehead atoms. The van der Waals surface area contributed by atoms with Crippen LogP contribution < -0.4 is 16.0 Å². The molecule has 4 saturated carbocycles. The summed E-state index contributed by atoms with van der Waals surface area (Å²) >= 11 is 0. The van der Waals surface area contributed by atoms with E-state index in [2.05, 4.69) is 22.1 Å². The van der Waals surface area contributed by atoms with Gasteiger partial charge in [-0.1, -0.05) is 0 Å². The topological polar surface area (TPSA) is 71.2 Å². The standard InChI is InChI=1S/C23H34N4O/c1-15(23-12-16-8-17(13-23)10-18(9-16)14-23)26-22(28)19-2-5-25-21(11-19)27-6-3-20(24)4-7-27/h2,5,11,15-18,20H,3-4,6-10,12-14,24H2,1H3,(H,26,28). The average molecular weight is 383 g/mol. The summed E-state index contributed by atoms with van der Waals surface area (Å²) in [7, 11) is 0. The lowest BCUT2D eigenvalue weighted by Gasteiger charge is -2.59. The molecule has 2 heterocycles. The van der Waals surface area contributed by atoms with E-state index in [9.17, 15) is 4.79 Å². The summed E-state index contributed by atoms with van der Waals surface area (Å²) in [5, 5.41) is 3.39. The molecule has 28 heavy (non-hydrogen) atoms. The van der Waals surface area contributed by atoms with Crippen LogP contribution in [-0.4, -0.2) is 36.1 Å². The van der Waals surface area contributed by atoms with E-state index < -0.39 is 0 Å². The predicted molar refractivity (Wildman–Crippen MR) is 111 cm³/mol. The fraction of sp³-hybridized carbons (Fsp3) is 0.739. The smallest absolute Gasteiger partial charge is 0.251 e. The zero-order chi connectivity index (χ0) is 19.3. The van der Waals surface area contributed by atoms with Crippen molar-refractivity contribution in [3.63, 3.8) is 0 Å². The molecule has 5 fully saturated rings. The summed E-state index contributed by atoms with van der Waals surface area (Å²) in [5.74, 6) is 3.68. The van der Waals surface area contributed by atoms with Gasteiger partial charge in [0.25, 0.3) is 5.91 Å². The van der Waals surface area contributed by atoms with Crippen molar-refractivity contribution in [1.29, 1.82) is 0 Å². The van der Waals surface area contributed by atoms with Crippen molar-refractivity contribution in [3.8, 4) is 0 Å². The molecule has 0 aromatic carbocycles. The Morgan fingerprint density at radius 3 is 2.39 bits per heavy atom. The van der Waals surface area contributed by atoms with Gasteiger partial charge in [0.1, 0.15) is 5.82 Å². The summed E-state index contributed by atoms with van der Waals surface area (Å²) < 4.78 is 0. The van der Waals surface area contributed by atoms with E-state index in [4.69, 9.17) is 5.73 Å². The quantitative estimate of drug-likeness (QED) is 0.838. The summed E-state index contributed by atoms with van der Waals surface area (Å²) in [4.78, 5) is 19.8. The monoisotopic (exact) mass is 382 g/mol. The number of rotatable bonds is 4. The molecule has 0 radical (unpaired) electrons. The summed E-state index contributed by atoms with van der Waals surface area (Å²) in [6, 6.07) is 4.35. The van der Waals surface area contributed by atoms with Crippen LogP contribution in [-0.2, 0) is 0 Å². The number of amides is 1. The number of nitrogens with zero attached hydrogens (tertiary/aromatic N) is 2. The van der Waals surface area contributed by atoms with Crippen molar-refractivity contribution in [2.75, 3.05) is 18.0 Å². The molecule has 6 rings (SSSR count). The van der Waals surface area contributed by atoms with E-state index in [-0.39, 0.29) is 11.9 Å². The lowest BCUT2D eigenvalue weighted by molar-refractivity contribution is -0.0688. The van der Waals surface area contributed by atoms with Gasteiger partial charge in [-0.15, -0.1) is 0 Å². The maximum absolute atomic E-state index is 13.1. The van der Waals surface area contributed by atoms with E-state index in [0.717, 1.165) is 55.1 Å². The SMILES string of the molecule is CC(NC(=O)c1ccnc(N2CCC(N)CC2)c1)C12CC3CC(CC(C3)C1)C2. The van der Waals surface area contributed by atoms with Gasteiger partial charge in [-0.3, -0.25) is 4.79 Å². The van der Waals surface area contributed by atoms with Gasteiger partial charge in [0.2, 0.25) is 0 Å². The highest BCUT2D eigenvalue weighted by molar-refractivity contribution is 5.95. The van der Waals surface area contributed by atoms with E-state index >= 15 is 0 Å². The molecule has 5 heteroatoms. The number of hydrogen-bond donors (Lipinski definition) is 2. The Balaban J connectivity index is 1.27. The van der Waals surface area contributed by atoms with Gasteiger partial charge in [0, 0.05) is 36.9 Å². The Morgan fingerprint density at radius 2 is 1.79 bits per heavy atom. The number of pyridine rings is 1. The van der Waals surface area contributed by atoms with Gasteiger partial charge in [-0.2, -0.15) is 0 Å². The Morgan fingerprint density at radius 1 is 1.18 bits per heavy atom. The van der Waals surface area contributed by atoms with Gasteiger partial charge >= 0.3 is 0 Å². The maximum Gasteiger partial charge on any atom is 0.251 e. The van der Waals surface area contributed by atoms with Crippen molar-refractivity contribution in [1.82, 2.24) is 10.3 Å². The third-order valence-electron chi connectivity index (χ3n) is 8.22. The molecule has 4 aliphatic carbocycles. The van der Waals surface area contributed by atoms with Gasteiger partial charge in [0.15, 0.2) is 0 Å². The molecular weight excluding hydrogens is 348 g/mol. The molecule has 1 atom stereocenters. The second-order valence-corrected chi connectivity index (χ2v) is 10.2. The van der Waals surface area contributed by atoms with Gasteiger partial charge in [-0.05, 0) is 93.6 Å². The molecule has 1 aromatic rings. The maximum atomic E-state index is 13.1. The number of carbonyl (C=O) groups is 1. The third-order valence-corrected chi connectivity index (χ3v) is 8.22. The Bertz CT molecular complexity index is 705. The van der Waals surface area contributed by atoms with Crippen molar-refractivity contribution in [2.24, 2.45) is 28.9 Å². The summed E-state index contributed by atoms with van der Waals surface area (Å²) in [5.41, 5.74) is 7.09. The van der Waals surface area contributed by atoms with Crippen LogP contribution in [0.25, 0.3) is 0 Å². The number of piperidine rings is 1. The first-order valence-corrected chi connectivity index (χ1v) is 11.3. The molecule has 1 amide bonds. The molecule has 1 saturated heterocycles. The highest BCUT2D eigenvalue weighted by atomic mass is 16.1. The van der Waals surface area contributed by atoms with E-state index in [1.54, 1.807) is 6.20 Å². The van der Waals surface area contributed by atoms with E-state index in [1.165, 1.54) is 38.5 Å². The summed E-state index contributed by atoms with van der Waals surface area (Å²) in [6.07, 6.45) is 12.0. The molecule has 1 aliphatic heterocycles. The zero-order valence-corrected chi connectivity index (χ0v) is 17.1. The highest BCUT2D eigenvalue weighted by Crippen LogP contribution is 2.61. The van der Waals surface area contributed by atoms with Crippen LogP contribution in [0.5, 0.6) is 0 Å². The summed E-state index contributed by atoms with van der Waals surface area (Å²) in [6.45, 7) is 4.09. The fourth-order valence-corrected chi connectivity index (χ4v) is 7.00. The van der Waals surface area contributed by atoms with Crippen LogP contribution in [0.15, 0.2) is 18.3 Å². The minimum absolute atomic E-state index is 0.0561. The lowest BCUT2D eigenvalue weighted by Crippen LogP contribution is -2.55. The second-order valence-electron chi connectivity index (χ2n) is 10.2. The Kier molecular flexibility index (Phi) is 4.61. The first-order chi connectivity index (χ1) is 13.5. The number of aromatic nitrogens is 1. The van der Waals surface area contributed by atoms with Crippen LogP contribution in [0.1, 0.15) is 68.6 Å². The Hall–Kier alpha value is -1.62. The number of nitrogens with two attached hydrogens (primary N) is 1. The normalized spacial score (nSPS) is 35.8. The minimum atomic E-state index is 0.0561. The van der Waals surface area contributed by atoms with Gasteiger partial charge in [0.05, 0.1) is 0 Å². The van der Waals surface area contributed by atoms with Crippen molar-refractivity contribution < 1.29 is 4.79 Å². The Labute approximate surface area is 168 Å². The molecule has 0 spiro atoms. The number of carbonyl (C=O) groups excluding carboxylic acids is 1. The van der Waals surface area contributed by atoms with Crippen LogP contribution >= 0.6 is 0 Å². The largest absolute Gasteiger partial charge is 0.356 e. The predicted octanol–water partition coefficient (Wildman–Crippen LogP) is 3.34.